The molecule has 0 aromatic heterocycles. The molecule has 0 aliphatic rings. The van der Waals surface area contributed by atoms with E-state index < -0.39 is 18.2 Å². The van der Waals surface area contributed by atoms with E-state index in [0.29, 0.717) is 35.4 Å². The molecule has 0 bridgehead atoms. The first-order valence-corrected chi connectivity index (χ1v) is 10.1. The number of carbonyl (C=O) groups is 2. The van der Waals surface area contributed by atoms with Crippen LogP contribution in [-0.2, 0) is 9.53 Å². The molecule has 0 fully saturated rings. The quantitative estimate of drug-likeness (QED) is 0.447. The van der Waals surface area contributed by atoms with Gasteiger partial charge in [0.25, 0.3) is 0 Å². The lowest BCUT2D eigenvalue weighted by Crippen LogP contribution is -2.22. The summed E-state index contributed by atoms with van der Waals surface area (Å²) in [6.07, 6.45) is 2.34. The molecule has 0 saturated heterocycles. The molecular weight excluding hydrogens is 412 g/mol. The highest BCUT2D eigenvalue weighted by Crippen LogP contribution is 2.35. The predicted molar refractivity (Wildman–Crippen MR) is 118 cm³/mol. The number of nitrogens with one attached hydrogen (secondary N) is 1. The molecule has 2 aromatic carbocycles. The fourth-order valence-corrected chi connectivity index (χ4v) is 3.07. The number of nitrogens with zero attached hydrogens (tertiary/aromatic N) is 1. The predicted octanol–water partition coefficient (Wildman–Crippen LogP) is 4.28. The van der Waals surface area contributed by atoms with Gasteiger partial charge in [-0.25, -0.2) is 9.59 Å². The maximum atomic E-state index is 12.6. The maximum Gasteiger partial charge on any atom is 0.412 e. The number of ether oxygens (including phenoxy) is 2. The largest absolute Gasteiger partial charge is 0.491 e. The van der Waals surface area contributed by atoms with Crippen molar-refractivity contribution in [1.82, 2.24) is 0 Å². The zero-order valence-electron chi connectivity index (χ0n) is 17.7. The van der Waals surface area contributed by atoms with Gasteiger partial charge in [-0.1, -0.05) is 31.2 Å². The Bertz CT molecular complexity index is 965. The standard InChI is InChI=1S/C24H26N2O6/c1-17(6-2-5-9-22(28)29)23(20-7-3-4-8-21(20)31-15-14-27)32-24(30)26-19-12-10-18(16-25)11-13-19/h3-5,7-13,17,23,27H,2,6,14-15H2,1H3,(H,26,30)(H,28,29)/b9-5+/t17-,23+/m1/s1. The molecule has 8 nitrogen and oxygen atoms in total. The number of para-hydroxylation sites is 1. The summed E-state index contributed by atoms with van der Waals surface area (Å²) in [5, 5.41) is 29.4. The van der Waals surface area contributed by atoms with E-state index in [0.717, 1.165) is 6.08 Å². The maximum absolute atomic E-state index is 12.6. The average Bonchev–Trinajstić information content (AvgIpc) is 2.79. The molecule has 2 rings (SSSR count). The summed E-state index contributed by atoms with van der Waals surface area (Å²) in [6, 6.07) is 15.5. The van der Waals surface area contributed by atoms with Gasteiger partial charge in [-0.15, -0.1) is 0 Å². The van der Waals surface area contributed by atoms with E-state index in [2.05, 4.69) is 5.32 Å². The third-order valence-electron chi connectivity index (χ3n) is 4.63. The third-order valence-corrected chi connectivity index (χ3v) is 4.63. The second-order valence-electron chi connectivity index (χ2n) is 7.05. The minimum absolute atomic E-state index is 0.0941. The van der Waals surface area contributed by atoms with Crippen molar-refractivity contribution in [2.24, 2.45) is 5.92 Å². The summed E-state index contributed by atoms with van der Waals surface area (Å²) in [6.45, 7) is 1.84. The van der Waals surface area contributed by atoms with Crippen LogP contribution in [0.15, 0.2) is 60.7 Å². The van der Waals surface area contributed by atoms with Gasteiger partial charge in [-0.05, 0) is 49.1 Å². The van der Waals surface area contributed by atoms with Crippen LogP contribution in [0.25, 0.3) is 0 Å². The number of aliphatic hydroxyl groups is 1. The summed E-state index contributed by atoms with van der Waals surface area (Å²) in [7, 11) is 0. The topological polar surface area (TPSA) is 129 Å². The Morgan fingerprint density at radius 1 is 1.19 bits per heavy atom. The summed E-state index contributed by atoms with van der Waals surface area (Å²) >= 11 is 0. The molecule has 0 unspecified atom stereocenters. The number of carboxylic acid groups (broad SMARTS) is 1. The van der Waals surface area contributed by atoms with Gasteiger partial charge in [0.15, 0.2) is 0 Å². The molecule has 0 heterocycles. The Kier molecular flexibility index (Phi) is 9.75. The van der Waals surface area contributed by atoms with Gasteiger partial charge in [0.05, 0.1) is 18.2 Å². The number of benzene rings is 2. The van der Waals surface area contributed by atoms with E-state index in [1.54, 1.807) is 54.6 Å². The number of carboxylic acids is 1. The fraction of sp³-hybridized carbons (Fsp3) is 0.292. The minimum atomic E-state index is -1.02. The first-order chi connectivity index (χ1) is 15.4. The minimum Gasteiger partial charge on any atom is -0.491 e. The number of aliphatic carboxylic acids is 1. The van der Waals surface area contributed by atoms with Gasteiger partial charge >= 0.3 is 12.1 Å². The van der Waals surface area contributed by atoms with Crippen molar-refractivity contribution in [3.63, 3.8) is 0 Å². The SMILES string of the molecule is C[C@H](CC/C=C/C(=O)O)[C@H](OC(=O)Nc1ccc(C#N)cc1)c1ccccc1OCCO. The highest BCUT2D eigenvalue weighted by molar-refractivity contribution is 5.84. The normalized spacial score (nSPS) is 12.5. The lowest BCUT2D eigenvalue weighted by atomic mass is 9.92. The Morgan fingerprint density at radius 3 is 2.56 bits per heavy atom. The Morgan fingerprint density at radius 2 is 1.91 bits per heavy atom. The van der Waals surface area contributed by atoms with Crippen LogP contribution in [0.4, 0.5) is 10.5 Å². The van der Waals surface area contributed by atoms with Crippen molar-refractivity contribution in [2.45, 2.75) is 25.9 Å². The van der Waals surface area contributed by atoms with E-state index in [1.807, 2.05) is 13.0 Å². The first-order valence-electron chi connectivity index (χ1n) is 10.1. The molecule has 0 aliphatic heterocycles. The molecule has 32 heavy (non-hydrogen) atoms. The zero-order chi connectivity index (χ0) is 23.3. The van der Waals surface area contributed by atoms with Gasteiger partial charge in [0.2, 0.25) is 0 Å². The summed E-state index contributed by atoms with van der Waals surface area (Å²) in [4.78, 5) is 23.3. The van der Waals surface area contributed by atoms with Crippen LogP contribution >= 0.6 is 0 Å². The number of carbonyl (C=O) groups excluding carboxylic acids is 1. The van der Waals surface area contributed by atoms with Crippen LogP contribution in [-0.4, -0.2) is 35.5 Å². The Balaban J connectivity index is 2.20. The molecule has 1 amide bonds. The summed E-state index contributed by atoms with van der Waals surface area (Å²) in [5.74, 6) is -0.695. The number of nitriles is 1. The van der Waals surface area contributed by atoms with Crippen LogP contribution in [0.2, 0.25) is 0 Å². The molecule has 3 N–H and O–H groups in total. The fourth-order valence-electron chi connectivity index (χ4n) is 3.07. The molecule has 0 radical (unpaired) electrons. The van der Waals surface area contributed by atoms with Gasteiger partial charge in [-0.2, -0.15) is 5.26 Å². The summed E-state index contributed by atoms with van der Waals surface area (Å²) < 4.78 is 11.4. The lowest BCUT2D eigenvalue weighted by molar-refractivity contribution is -0.131. The molecule has 0 spiro atoms. The Hall–Kier alpha value is -3.83. The molecule has 2 atom stereocenters. The molecule has 0 aliphatic carbocycles. The van der Waals surface area contributed by atoms with Crippen molar-refractivity contribution in [3.05, 3.63) is 71.8 Å². The third kappa shape index (κ3) is 7.78. The molecule has 2 aromatic rings. The molecular formula is C24H26N2O6. The van der Waals surface area contributed by atoms with Crippen molar-refractivity contribution in [1.29, 1.82) is 5.26 Å². The average molecular weight is 438 g/mol. The zero-order valence-corrected chi connectivity index (χ0v) is 17.7. The Labute approximate surface area is 186 Å². The van der Waals surface area contributed by atoms with Crippen molar-refractivity contribution >= 4 is 17.7 Å². The number of rotatable bonds is 11. The number of allylic oxidation sites excluding steroid dienone is 1. The lowest BCUT2D eigenvalue weighted by Gasteiger charge is -2.26. The number of aliphatic hydroxyl groups excluding tert-OH is 1. The first kappa shape index (κ1) is 24.4. The van der Waals surface area contributed by atoms with E-state index in [4.69, 9.17) is 24.9 Å². The van der Waals surface area contributed by atoms with Crippen molar-refractivity contribution in [2.75, 3.05) is 18.5 Å². The molecule has 168 valence electrons. The number of hydrogen-bond donors (Lipinski definition) is 3. The van der Waals surface area contributed by atoms with E-state index in [9.17, 15) is 9.59 Å². The van der Waals surface area contributed by atoms with Gasteiger partial charge in [0, 0.05) is 17.3 Å². The van der Waals surface area contributed by atoms with Gasteiger partial charge < -0.3 is 19.7 Å². The highest BCUT2D eigenvalue weighted by atomic mass is 16.6. The monoisotopic (exact) mass is 438 g/mol. The van der Waals surface area contributed by atoms with E-state index in [1.165, 1.54) is 0 Å². The van der Waals surface area contributed by atoms with E-state index >= 15 is 0 Å². The highest BCUT2D eigenvalue weighted by Gasteiger charge is 2.26. The van der Waals surface area contributed by atoms with Crippen LogP contribution in [0.5, 0.6) is 5.75 Å². The van der Waals surface area contributed by atoms with Crippen LogP contribution in [0, 0.1) is 17.2 Å². The van der Waals surface area contributed by atoms with E-state index in [-0.39, 0.29) is 19.1 Å². The number of hydrogen-bond acceptors (Lipinski definition) is 6. The second-order valence-corrected chi connectivity index (χ2v) is 7.05. The van der Waals surface area contributed by atoms with Gasteiger partial charge in [0.1, 0.15) is 18.5 Å². The van der Waals surface area contributed by atoms with Crippen LogP contribution in [0.3, 0.4) is 0 Å². The van der Waals surface area contributed by atoms with Crippen molar-refractivity contribution in [3.8, 4) is 11.8 Å². The van der Waals surface area contributed by atoms with Crippen molar-refractivity contribution < 1.29 is 29.3 Å². The molecule has 0 saturated carbocycles. The van der Waals surface area contributed by atoms with Crippen LogP contribution < -0.4 is 10.1 Å². The van der Waals surface area contributed by atoms with Gasteiger partial charge in [-0.3, -0.25) is 5.32 Å². The smallest absolute Gasteiger partial charge is 0.412 e. The number of amides is 1. The molecule has 8 heteroatoms. The number of anilines is 1. The summed E-state index contributed by atoms with van der Waals surface area (Å²) in [5.41, 5.74) is 1.60. The van der Waals surface area contributed by atoms with Crippen LogP contribution in [0.1, 0.15) is 37.0 Å². The second kappa shape index (κ2) is 12.8.